The number of furan rings is 1. The highest BCUT2D eigenvalue weighted by Gasteiger charge is 2.29. The van der Waals surface area contributed by atoms with Gasteiger partial charge in [-0.1, -0.05) is 25.1 Å². The Balaban J connectivity index is 2.37. The van der Waals surface area contributed by atoms with Gasteiger partial charge in [-0.2, -0.15) is 0 Å². The highest BCUT2D eigenvalue weighted by Crippen LogP contribution is 2.22. The Bertz CT molecular complexity index is 507. The van der Waals surface area contributed by atoms with E-state index in [-0.39, 0.29) is 5.78 Å². The van der Waals surface area contributed by atoms with Crippen molar-refractivity contribution in [2.75, 3.05) is 6.54 Å². The van der Waals surface area contributed by atoms with Gasteiger partial charge in [0.1, 0.15) is 5.58 Å². The van der Waals surface area contributed by atoms with Crippen molar-refractivity contribution < 1.29 is 9.21 Å². The van der Waals surface area contributed by atoms with E-state index in [1.165, 1.54) is 0 Å². The molecule has 1 aromatic carbocycles. The molecule has 0 fully saturated rings. The number of para-hydroxylation sites is 1. The van der Waals surface area contributed by atoms with E-state index in [2.05, 4.69) is 5.32 Å². The van der Waals surface area contributed by atoms with Crippen LogP contribution in [0.15, 0.2) is 34.7 Å². The van der Waals surface area contributed by atoms with Crippen LogP contribution in [0.4, 0.5) is 0 Å². The summed E-state index contributed by atoms with van der Waals surface area (Å²) >= 11 is 0. The van der Waals surface area contributed by atoms with Crippen molar-refractivity contribution in [1.29, 1.82) is 0 Å². The van der Waals surface area contributed by atoms with E-state index in [4.69, 9.17) is 4.42 Å². The van der Waals surface area contributed by atoms with E-state index in [1.54, 1.807) is 6.07 Å². The molecule has 0 atom stereocenters. The fourth-order valence-corrected chi connectivity index (χ4v) is 1.92. The van der Waals surface area contributed by atoms with Crippen molar-refractivity contribution in [2.45, 2.75) is 26.3 Å². The lowest BCUT2D eigenvalue weighted by Gasteiger charge is -2.22. The first-order valence-electron chi connectivity index (χ1n) is 5.83. The molecule has 0 saturated carbocycles. The van der Waals surface area contributed by atoms with Gasteiger partial charge in [0.25, 0.3) is 0 Å². The van der Waals surface area contributed by atoms with Crippen molar-refractivity contribution in [3.8, 4) is 0 Å². The molecular formula is C14H17NO2. The number of carbonyl (C=O) groups is 1. The Morgan fingerprint density at radius 3 is 2.71 bits per heavy atom. The number of carbonyl (C=O) groups excluding carboxylic acids is 1. The molecular weight excluding hydrogens is 214 g/mol. The van der Waals surface area contributed by atoms with Crippen LogP contribution < -0.4 is 5.32 Å². The summed E-state index contributed by atoms with van der Waals surface area (Å²) in [6.45, 7) is 6.46. The topological polar surface area (TPSA) is 42.2 Å². The normalized spacial score (nSPS) is 11.9. The average Bonchev–Trinajstić information content (AvgIpc) is 2.71. The molecule has 17 heavy (non-hydrogen) atoms. The highest BCUT2D eigenvalue weighted by molar-refractivity contribution is 6.03. The molecule has 0 bridgehead atoms. The molecule has 0 saturated heterocycles. The summed E-state index contributed by atoms with van der Waals surface area (Å²) in [5.74, 6) is 0.396. The molecule has 2 aromatic rings. The van der Waals surface area contributed by atoms with Crippen molar-refractivity contribution in [1.82, 2.24) is 5.32 Å². The first-order chi connectivity index (χ1) is 8.04. The van der Waals surface area contributed by atoms with E-state index in [9.17, 15) is 4.79 Å². The van der Waals surface area contributed by atoms with Gasteiger partial charge in [-0.05, 0) is 32.5 Å². The fraction of sp³-hybridized carbons (Fsp3) is 0.357. The van der Waals surface area contributed by atoms with Crippen molar-refractivity contribution in [3.63, 3.8) is 0 Å². The van der Waals surface area contributed by atoms with Gasteiger partial charge < -0.3 is 9.73 Å². The third kappa shape index (κ3) is 2.24. The lowest BCUT2D eigenvalue weighted by atomic mass is 9.97. The minimum atomic E-state index is -0.595. The largest absolute Gasteiger partial charge is 0.453 e. The van der Waals surface area contributed by atoms with Crippen LogP contribution >= 0.6 is 0 Å². The lowest BCUT2D eigenvalue weighted by Crippen LogP contribution is -2.46. The number of Topliss-reactive ketones (excluding diaryl/α,β-unsaturated/α-hetero) is 1. The summed E-state index contributed by atoms with van der Waals surface area (Å²) in [6.07, 6.45) is 0. The van der Waals surface area contributed by atoms with Crippen LogP contribution in [0.1, 0.15) is 31.3 Å². The summed E-state index contributed by atoms with van der Waals surface area (Å²) < 4.78 is 5.57. The number of rotatable bonds is 4. The third-order valence-corrected chi connectivity index (χ3v) is 2.84. The summed E-state index contributed by atoms with van der Waals surface area (Å²) in [7, 11) is 0. The first kappa shape index (κ1) is 11.9. The van der Waals surface area contributed by atoms with Crippen molar-refractivity contribution in [2.24, 2.45) is 0 Å². The quantitative estimate of drug-likeness (QED) is 0.822. The van der Waals surface area contributed by atoms with Gasteiger partial charge in [0, 0.05) is 5.39 Å². The standard InChI is InChI=1S/C14H17NO2/c1-4-15-14(2,3)13(16)12-9-10-7-5-6-8-11(10)17-12/h5-9,15H,4H2,1-3H3. The molecule has 0 unspecified atom stereocenters. The van der Waals surface area contributed by atoms with Gasteiger partial charge in [-0.3, -0.25) is 4.79 Å². The highest BCUT2D eigenvalue weighted by atomic mass is 16.3. The number of likely N-dealkylation sites (N-methyl/N-ethyl adjacent to an activating group) is 1. The molecule has 90 valence electrons. The van der Waals surface area contributed by atoms with Crippen LogP contribution in [-0.4, -0.2) is 17.9 Å². The molecule has 0 radical (unpaired) electrons. The Labute approximate surface area is 101 Å². The number of hydrogen-bond acceptors (Lipinski definition) is 3. The molecule has 0 aliphatic carbocycles. The molecule has 2 rings (SSSR count). The monoisotopic (exact) mass is 231 g/mol. The Morgan fingerprint density at radius 2 is 2.06 bits per heavy atom. The Morgan fingerprint density at radius 1 is 1.35 bits per heavy atom. The van der Waals surface area contributed by atoms with Crippen LogP contribution in [0.3, 0.4) is 0 Å². The summed E-state index contributed by atoms with van der Waals surface area (Å²) in [5, 5.41) is 4.12. The smallest absolute Gasteiger partial charge is 0.217 e. The van der Waals surface area contributed by atoms with E-state index >= 15 is 0 Å². The predicted molar refractivity (Wildman–Crippen MR) is 68.3 cm³/mol. The maximum Gasteiger partial charge on any atom is 0.217 e. The van der Waals surface area contributed by atoms with Gasteiger partial charge in [0.05, 0.1) is 5.54 Å². The first-order valence-corrected chi connectivity index (χ1v) is 5.83. The number of ketones is 1. The van der Waals surface area contributed by atoms with Crippen molar-refractivity contribution in [3.05, 3.63) is 36.1 Å². The molecule has 3 heteroatoms. The van der Waals surface area contributed by atoms with Gasteiger partial charge in [-0.25, -0.2) is 0 Å². The van der Waals surface area contributed by atoms with E-state index < -0.39 is 5.54 Å². The van der Waals surface area contributed by atoms with Crippen LogP contribution in [0, 0.1) is 0 Å². The molecule has 0 aliphatic rings. The number of hydrogen-bond donors (Lipinski definition) is 1. The second-order valence-electron chi connectivity index (χ2n) is 4.63. The van der Waals surface area contributed by atoms with Gasteiger partial charge in [0.2, 0.25) is 5.78 Å². The Kier molecular flexibility index (Phi) is 3.03. The minimum Gasteiger partial charge on any atom is -0.453 e. The Hall–Kier alpha value is -1.61. The average molecular weight is 231 g/mol. The third-order valence-electron chi connectivity index (χ3n) is 2.84. The SMILES string of the molecule is CCNC(C)(C)C(=O)c1cc2ccccc2o1. The molecule has 1 heterocycles. The molecule has 3 nitrogen and oxygen atoms in total. The zero-order chi connectivity index (χ0) is 12.5. The molecule has 0 aliphatic heterocycles. The predicted octanol–water partition coefficient (Wildman–Crippen LogP) is 3.00. The number of benzene rings is 1. The van der Waals surface area contributed by atoms with Gasteiger partial charge in [-0.15, -0.1) is 0 Å². The van der Waals surface area contributed by atoms with Crippen LogP contribution in [0.5, 0.6) is 0 Å². The number of nitrogens with one attached hydrogen (secondary N) is 1. The summed E-state index contributed by atoms with van der Waals surface area (Å²) in [5.41, 5.74) is 0.158. The zero-order valence-electron chi connectivity index (χ0n) is 10.4. The van der Waals surface area contributed by atoms with Crippen molar-refractivity contribution >= 4 is 16.8 Å². The van der Waals surface area contributed by atoms with E-state index in [1.807, 2.05) is 45.0 Å². The van der Waals surface area contributed by atoms with E-state index in [0.29, 0.717) is 5.76 Å². The van der Waals surface area contributed by atoms with Crippen LogP contribution in [-0.2, 0) is 0 Å². The molecule has 0 amide bonds. The fourth-order valence-electron chi connectivity index (χ4n) is 1.92. The molecule has 1 aromatic heterocycles. The maximum atomic E-state index is 12.3. The number of fused-ring (bicyclic) bond motifs is 1. The zero-order valence-corrected chi connectivity index (χ0v) is 10.4. The summed E-state index contributed by atoms with van der Waals surface area (Å²) in [4.78, 5) is 12.3. The van der Waals surface area contributed by atoms with Gasteiger partial charge in [0.15, 0.2) is 5.76 Å². The second-order valence-corrected chi connectivity index (χ2v) is 4.63. The second kappa shape index (κ2) is 4.34. The maximum absolute atomic E-state index is 12.3. The van der Waals surface area contributed by atoms with Crippen LogP contribution in [0.25, 0.3) is 11.0 Å². The molecule has 0 spiro atoms. The molecule has 1 N–H and O–H groups in total. The lowest BCUT2D eigenvalue weighted by molar-refractivity contribution is 0.0857. The minimum absolute atomic E-state index is 0.0180. The van der Waals surface area contributed by atoms with Crippen LogP contribution in [0.2, 0.25) is 0 Å². The summed E-state index contributed by atoms with van der Waals surface area (Å²) in [6, 6.07) is 9.44. The van der Waals surface area contributed by atoms with Gasteiger partial charge >= 0.3 is 0 Å². The van der Waals surface area contributed by atoms with E-state index in [0.717, 1.165) is 17.5 Å².